The third kappa shape index (κ3) is 2.00. The van der Waals surface area contributed by atoms with Gasteiger partial charge in [0.05, 0.1) is 0 Å². The number of Topliss-reactive ketones (excluding diaryl/α,β-unsaturated/α-hetero) is 3. The van der Waals surface area contributed by atoms with E-state index in [9.17, 15) is 14.4 Å². The average Bonchev–Trinajstić information content (AvgIpc) is 3.23. The fraction of sp³-hybridized carbons (Fsp3) is 0.211. The molecule has 2 aromatic rings. The summed E-state index contributed by atoms with van der Waals surface area (Å²) in [6.07, 6.45) is 0.664. The Morgan fingerprint density at radius 2 is 1.70 bits per heavy atom. The van der Waals surface area contributed by atoms with Gasteiger partial charge in [0.2, 0.25) is 0 Å². The first-order chi connectivity index (χ1) is 11.0. The molecule has 3 nitrogen and oxygen atoms in total. The molecular formula is C19H13ClO3. The number of hydrogen-bond acceptors (Lipinski definition) is 3. The summed E-state index contributed by atoms with van der Waals surface area (Å²) in [4.78, 5) is 37.6. The van der Waals surface area contributed by atoms with Crippen LogP contribution in [0.3, 0.4) is 0 Å². The number of carbonyl (C=O) groups is 3. The van der Waals surface area contributed by atoms with E-state index in [4.69, 9.17) is 11.6 Å². The molecule has 0 saturated heterocycles. The molecule has 0 amide bonds. The third-order valence-corrected chi connectivity index (χ3v) is 5.15. The van der Waals surface area contributed by atoms with Gasteiger partial charge in [-0.25, -0.2) is 0 Å². The molecule has 1 saturated carbocycles. The van der Waals surface area contributed by atoms with Crippen molar-refractivity contribution < 1.29 is 14.4 Å². The van der Waals surface area contributed by atoms with Gasteiger partial charge in [0.15, 0.2) is 17.3 Å². The maximum absolute atomic E-state index is 12.6. The molecule has 2 aliphatic carbocycles. The van der Waals surface area contributed by atoms with Gasteiger partial charge in [-0.1, -0.05) is 48.0 Å². The Hall–Kier alpha value is -2.26. The second kappa shape index (κ2) is 4.87. The zero-order valence-corrected chi connectivity index (χ0v) is 13.0. The van der Waals surface area contributed by atoms with E-state index in [0.29, 0.717) is 28.1 Å². The predicted octanol–water partition coefficient (Wildman–Crippen LogP) is 4.00. The number of fused-ring (bicyclic) bond motifs is 1. The Morgan fingerprint density at radius 3 is 2.30 bits per heavy atom. The highest BCUT2D eigenvalue weighted by Crippen LogP contribution is 2.61. The summed E-state index contributed by atoms with van der Waals surface area (Å²) < 4.78 is 0. The molecule has 1 unspecified atom stereocenters. The summed E-state index contributed by atoms with van der Waals surface area (Å²) >= 11 is 5.91. The van der Waals surface area contributed by atoms with Crippen molar-refractivity contribution in [3.8, 4) is 0 Å². The fourth-order valence-corrected chi connectivity index (χ4v) is 3.79. The molecule has 0 aliphatic heterocycles. The van der Waals surface area contributed by atoms with Crippen LogP contribution >= 0.6 is 11.6 Å². The van der Waals surface area contributed by atoms with Crippen LogP contribution in [0.2, 0.25) is 5.02 Å². The van der Waals surface area contributed by atoms with Crippen LogP contribution in [0, 0.1) is 11.3 Å². The van der Waals surface area contributed by atoms with Gasteiger partial charge in [0.1, 0.15) is 5.41 Å². The largest absolute Gasteiger partial charge is 0.294 e. The van der Waals surface area contributed by atoms with Crippen molar-refractivity contribution in [3.63, 3.8) is 0 Å². The average molecular weight is 325 g/mol. The number of hydrogen-bond donors (Lipinski definition) is 0. The second-order valence-electron chi connectivity index (χ2n) is 6.21. The molecule has 0 bridgehead atoms. The summed E-state index contributed by atoms with van der Waals surface area (Å²) in [5.41, 5.74) is 0.526. The lowest BCUT2D eigenvalue weighted by atomic mass is 9.94. The van der Waals surface area contributed by atoms with E-state index in [1.807, 2.05) is 0 Å². The van der Waals surface area contributed by atoms with E-state index in [1.165, 1.54) is 0 Å². The third-order valence-electron chi connectivity index (χ3n) is 4.91. The van der Waals surface area contributed by atoms with Crippen molar-refractivity contribution in [2.45, 2.75) is 12.8 Å². The van der Waals surface area contributed by atoms with Gasteiger partial charge in [0.25, 0.3) is 0 Å². The van der Waals surface area contributed by atoms with Crippen molar-refractivity contribution in [1.82, 2.24) is 0 Å². The van der Waals surface area contributed by atoms with E-state index >= 15 is 0 Å². The highest BCUT2D eigenvalue weighted by atomic mass is 35.5. The highest BCUT2D eigenvalue weighted by Gasteiger charge is 2.68. The van der Waals surface area contributed by atoms with Crippen LogP contribution in [0.1, 0.15) is 43.9 Å². The molecule has 1 atom stereocenters. The van der Waals surface area contributed by atoms with E-state index in [0.717, 1.165) is 0 Å². The summed E-state index contributed by atoms with van der Waals surface area (Å²) in [6, 6.07) is 13.7. The Labute approximate surface area is 138 Å². The van der Waals surface area contributed by atoms with Gasteiger partial charge in [-0.3, -0.25) is 14.4 Å². The standard InChI is InChI=1S/C19H13ClO3/c20-13-5-3-4-11(8-13)16(21)9-12-10-19(12)17(22)14-6-1-2-7-15(14)18(19)23/h1-8,12H,9-10H2. The minimum Gasteiger partial charge on any atom is -0.294 e. The quantitative estimate of drug-likeness (QED) is 0.633. The van der Waals surface area contributed by atoms with Crippen molar-refractivity contribution in [1.29, 1.82) is 0 Å². The zero-order chi connectivity index (χ0) is 16.2. The Morgan fingerprint density at radius 1 is 1.04 bits per heavy atom. The highest BCUT2D eigenvalue weighted by molar-refractivity contribution is 6.32. The van der Waals surface area contributed by atoms with Crippen LogP contribution in [0.5, 0.6) is 0 Å². The van der Waals surface area contributed by atoms with E-state index in [2.05, 4.69) is 0 Å². The molecule has 23 heavy (non-hydrogen) atoms. The lowest BCUT2D eigenvalue weighted by molar-refractivity contribution is 0.0795. The van der Waals surface area contributed by atoms with Crippen LogP contribution in [-0.2, 0) is 0 Å². The Balaban J connectivity index is 1.58. The van der Waals surface area contributed by atoms with Gasteiger partial charge >= 0.3 is 0 Å². The van der Waals surface area contributed by atoms with Crippen LogP contribution in [0.25, 0.3) is 0 Å². The van der Waals surface area contributed by atoms with E-state index in [1.54, 1.807) is 48.5 Å². The molecule has 0 heterocycles. The number of rotatable bonds is 3. The lowest BCUT2D eigenvalue weighted by Crippen LogP contribution is -2.20. The maximum atomic E-state index is 12.6. The van der Waals surface area contributed by atoms with Gasteiger partial charge in [-0.2, -0.15) is 0 Å². The first-order valence-corrected chi connectivity index (χ1v) is 7.89. The van der Waals surface area contributed by atoms with Crippen LogP contribution in [0.15, 0.2) is 48.5 Å². The fourth-order valence-electron chi connectivity index (χ4n) is 3.60. The van der Waals surface area contributed by atoms with Gasteiger partial charge in [0, 0.05) is 28.1 Å². The van der Waals surface area contributed by atoms with Crippen LogP contribution in [-0.4, -0.2) is 17.3 Å². The molecule has 0 radical (unpaired) electrons. The summed E-state index contributed by atoms with van der Waals surface area (Å²) in [6.45, 7) is 0. The molecule has 4 rings (SSSR count). The van der Waals surface area contributed by atoms with Crippen molar-refractivity contribution in [3.05, 3.63) is 70.2 Å². The summed E-state index contributed by atoms with van der Waals surface area (Å²) in [7, 11) is 0. The monoisotopic (exact) mass is 324 g/mol. The molecule has 0 N–H and O–H groups in total. The first-order valence-electron chi connectivity index (χ1n) is 7.51. The first kappa shape index (κ1) is 14.3. The maximum Gasteiger partial charge on any atom is 0.177 e. The van der Waals surface area contributed by atoms with E-state index in [-0.39, 0.29) is 29.7 Å². The van der Waals surface area contributed by atoms with Gasteiger partial charge < -0.3 is 0 Å². The van der Waals surface area contributed by atoms with Crippen LogP contribution < -0.4 is 0 Å². The zero-order valence-electron chi connectivity index (χ0n) is 12.2. The number of benzene rings is 2. The molecule has 2 aliphatic rings. The van der Waals surface area contributed by atoms with Crippen molar-refractivity contribution in [2.75, 3.05) is 0 Å². The van der Waals surface area contributed by atoms with Crippen LogP contribution in [0.4, 0.5) is 0 Å². The molecule has 4 heteroatoms. The van der Waals surface area contributed by atoms with Crippen molar-refractivity contribution >= 4 is 29.0 Å². The number of halogens is 1. The molecule has 1 spiro atoms. The van der Waals surface area contributed by atoms with Gasteiger partial charge in [-0.05, 0) is 24.5 Å². The normalized spacial score (nSPS) is 20.7. The Kier molecular flexibility index (Phi) is 3.03. The second-order valence-corrected chi connectivity index (χ2v) is 6.65. The molecule has 114 valence electrons. The predicted molar refractivity (Wildman–Crippen MR) is 86.0 cm³/mol. The van der Waals surface area contributed by atoms with E-state index < -0.39 is 5.41 Å². The SMILES string of the molecule is O=C(CC1CC12C(=O)c1ccccc1C2=O)c1cccc(Cl)c1. The van der Waals surface area contributed by atoms with Gasteiger partial charge in [-0.15, -0.1) is 0 Å². The summed E-state index contributed by atoms with van der Waals surface area (Å²) in [5.74, 6) is -0.531. The molecular weight excluding hydrogens is 312 g/mol. The Bertz CT molecular complexity index is 833. The number of carbonyl (C=O) groups excluding carboxylic acids is 3. The molecule has 1 fully saturated rings. The smallest absolute Gasteiger partial charge is 0.177 e. The minimum absolute atomic E-state index is 0.0778. The molecule has 0 aromatic heterocycles. The minimum atomic E-state index is -0.988. The van der Waals surface area contributed by atoms with Crippen molar-refractivity contribution in [2.24, 2.45) is 11.3 Å². The topological polar surface area (TPSA) is 51.2 Å². The lowest BCUT2D eigenvalue weighted by Gasteiger charge is -2.06. The number of ketones is 3. The summed E-state index contributed by atoms with van der Waals surface area (Å²) in [5, 5.41) is 0.502. The molecule has 2 aromatic carbocycles.